The lowest BCUT2D eigenvalue weighted by atomic mass is 10.1. The highest BCUT2D eigenvalue weighted by atomic mass is 79.9. The second kappa shape index (κ2) is 6.10. The van der Waals surface area contributed by atoms with Gasteiger partial charge in [0.1, 0.15) is 0 Å². The molecular weight excluding hydrogens is 343 g/mol. The summed E-state index contributed by atoms with van der Waals surface area (Å²) in [6.07, 6.45) is -4.30. The van der Waals surface area contributed by atoms with Crippen LogP contribution in [0.25, 0.3) is 0 Å². The Morgan fingerprint density at radius 3 is 2.24 bits per heavy atom. The van der Waals surface area contributed by atoms with Crippen molar-refractivity contribution in [1.29, 1.82) is 0 Å². The predicted molar refractivity (Wildman–Crippen MR) is 82.4 cm³/mol. The maximum Gasteiger partial charge on any atom is 0.416 e. The normalized spacial score (nSPS) is 13.0. The summed E-state index contributed by atoms with van der Waals surface area (Å²) >= 11 is 3.46. The lowest BCUT2D eigenvalue weighted by Gasteiger charge is -2.18. The van der Waals surface area contributed by atoms with Crippen LogP contribution in [-0.2, 0) is 6.18 Å². The molecule has 2 aromatic carbocycles. The lowest BCUT2D eigenvalue weighted by Crippen LogP contribution is -2.09. The lowest BCUT2D eigenvalue weighted by molar-refractivity contribution is -0.137. The Morgan fingerprint density at radius 1 is 1.05 bits per heavy atom. The largest absolute Gasteiger partial charge is 0.416 e. The number of hydrogen-bond donors (Lipinski definition) is 1. The third-order valence-electron chi connectivity index (χ3n) is 3.23. The first kappa shape index (κ1) is 15.9. The van der Waals surface area contributed by atoms with Gasteiger partial charge in [-0.15, -0.1) is 0 Å². The van der Waals surface area contributed by atoms with Crippen LogP contribution in [0.3, 0.4) is 0 Å². The molecule has 1 nitrogen and oxygen atoms in total. The van der Waals surface area contributed by atoms with Crippen molar-refractivity contribution < 1.29 is 13.2 Å². The quantitative estimate of drug-likeness (QED) is 0.715. The fourth-order valence-electron chi connectivity index (χ4n) is 2.03. The molecule has 0 aromatic heterocycles. The maximum atomic E-state index is 12.5. The molecule has 0 aliphatic heterocycles. The van der Waals surface area contributed by atoms with Gasteiger partial charge < -0.3 is 5.32 Å². The van der Waals surface area contributed by atoms with Crippen molar-refractivity contribution in [1.82, 2.24) is 0 Å². The highest BCUT2D eigenvalue weighted by Crippen LogP contribution is 2.31. The predicted octanol–water partition coefficient (Wildman–Crippen LogP) is 5.95. The summed E-state index contributed by atoms with van der Waals surface area (Å²) in [6, 6.07) is 11.1. The van der Waals surface area contributed by atoms with Crippen molar-refractivity contribution in [2.75, 3.05) is 5.32 Å². The molecular formula is C16H15BrF3N. The zero-order valence-corrected chi connectivity index (χ0v) is 13.2. The first-order chi connectivity index (χ1) is 9.77. The fraction of sp³-hybridized carbons (Fsp3) is 0.250. The second-order valence-corrected chi connectivity index (χ2v) is 5.82. The number of hydrogen-bond acceptors (Lipinski definition) is 1. The Kier molecular flexibility index (Phi) is 4.61. The van der Waals surface area contributed by atoms with Crippen LogP contribution >= 0.6 is 15.9 Å². The first-order valence-corrected chi connectivity index (χ1v) is 7.26. The SMILES string of the molecule is Cc1ccc(Br)c(NC(C)c2ccc(C(F)(F)F)cc2)c1. The molecule has 0 saturated heterocycles. The van der Waals surface area contributed by atoms with E-state index in [4.69, 9.17) is 0 Å². The monoisotopic (exact) mass is 357 g/mol. The fourth-order valence-corrected chi connectivity index (χ4v) is 2.39. The van der Waals surface area contributed by atoms with Crippen LogP contribution in [0.2, 0.25) is 0 Å². The zero-order chi connectivity index (χ0) is 15.6. The molecule has 5 heteroatoms. The van der Waals surface area contributed by atoms with Crippen molar-refractivity contribution in [3.8, 4) is 0 Å². The Labute approximate surface area is 130 Å². The smallest absolute Gasteiger partial charge is 0.378 e. The summed E-state index contributed by atoms with van der Waals surface area (Å²) < 4.78 is 38.6. The number of anilines is 1. The van der Waals surface area contributed by atoms with Gasteiger partial charge in [0, 0.05) is 16.2 Å². The van der Waals surface area contributed by atoms with Gasteiger partial charge in [0.15, 0.2) is 0 Å². The van der Waals surface area contributed by atoms with Gasteiger partial charge in [-0.1, -0.05) is 18.2 Å². The van der Waals surface area contributed by atoms with Crippen LogP contribution in [-0.4, -0.2) is 0 Å². The average molecular weight is 358 g/mol. The third kappa shape index (κ3) is 4.00. The molecule has 0 bridgehead atoms. The van der Waals surface area contributed by atoms with Gasteiger partial charge in [-0.25, -0.2) is 0 Å². The molecule has 1 N–H and O–H groups in total. The molecule has 0 spiro atoms. The molecule has 2 aromatic rings. The third-order valence-corrected chi connectivity index (χ3v) is 3.92. The van der Waals surface area contributed by atoms with Crippen molar-refractivity contribution >= 4 is 21.6 Å². The summed E-state index contributed by atoms with van der Waals surface area (Å²) in [4.78, 5) is 0. The molecule has 0 heterocycles. The molecule has 21 heavy (non-hydrogen) atoms. The van der Waals surface area contributed by atoms with Crippen LogP contribution in [0.15, 0.2) is 46.9 Å². The standard InChI is InChI=1S/C16H15BrF3N/c1-10-3-8-14(17)15(9-10)21-11(2)12-4-6-13(7-5-12)16(18,19)20/h3-9,11,21H,1-2H3. The van der Waals surface area contributed by atoms with E-state index in [0.717, 1.165) is 33.4 Å². The van der Waals surface area contributed by atoms with Crippen molar-refractivity contribution in [3.63, 3.8) is 0 Å². The van der Waals surface area contributed by atoms with Crippen molar-refractivity contribution in [3.05, 3.63) is 63.6 Å². The van der Waals surface area contributed by atoms with Gasteiger partial charge in [-0.2, -0.15) is 13.2 Å². The molecule has 0 radical (unpaired) electrons. The van der Waals surface area contributed by atoms with E-state index >= 15 is 0 Å². The van der Waals surface area contributed by atoms with Gasteiger partial charge in [0.2, 0.25) is 0 Å². The van der Waals surface area contributed by atoms with Gasteiger partial charge in [-0.05, 0) is 65.2 Å². The van der Waals surface area contributed by atoms with Crippen molar-refractivity contribution in [2.24, 2.45) is 0 Å². The molecule has 1 unspecified atom stereocenters. The van der Waals surface area contributed by atoms with Gasteiger partial charge >= 0.3 is 6.18 Å². The zero-order valence-electron chi connectivity index (χ0n) is 11.6. The average Bonchev–Trinajstić information content (AvgIpc) is 2.42. The molecule has 0 aliphatic carbocycles. The molecule has 0 saturated carbocycles. The maximum absolute atomic E-state index is 12.5. The molecule has 0 aliphatic rings. The molecule has 0 fully saturated rings. The van der Waals surface area contributed by atoms with Crippen LogP contribution < -0.4 is 5.32 Å². The first-order valence-electron chi connectivity index (χ1n) is 6.47. The number of aryl methyl sites for hydroxylation is 1. The summed E-state index contributed by atoms with van der Waals surface area (Å²) in [5.41, 5.74) is 2.20. The summed E-state index contributed by atoms with van der Waals surface area (Å²) in [7, 11) is 0. The number of halogens is 4. The Morgan fingerprint density at radius 2 is 1.67 bits per heavy atom. The summed E-state index contributed by atoms with van der Waals surface area (Å²) in [6.45, 7) is 3.90. The van der Waals surface area contributed by atoms with Crippen LogP contribution in [0.5, 0.6) is 0 Å². The van der Waals surface area contributed by atoms with Crippen LogP contribution in [0.4, 0.5) is 18.9 Å². The molecule has 0 amide bonds. The highest BCUT2D eigenvalue weighted by Gasteiger charge is 2.30. The van der Waals surface area contributed by atoms with E-state index in [9.17, 15) is 13.2 Å². The number of nitrogens with one attached hydrogen (secondary N) is 1. The molecule has 112 valence electrons. The van der Waals surface area contributed by atoms with Gasteiger partial charge in [0.05, 0.1) is 5.56 Å². The number of alkyl halides is 3. The van der Waals surface area contributed by atoms with E-state index in [1.807, 2.05) is 32.0 Å². The second-order valence-electron chi connectivity index (χ2n) is 4.97. The molecule has 2 rings (SSSR count). The minimum absolute atomic E-state index is 0.0922. The van der Waals surface area contributed by atoms with Gasteiger partial charge in [0.25, 0.3) is 0 Å². The Balaban J connectivity index is 2.17. The number of benzene rings is 2. The minimum atomic E-state index is -4.30. The van der Waals surface area contributed by atoms with E-state index in [1.54, 1.807) is 0 Å². The van der Waals surface area contributed by atoms with E-state index in [2.05, 4.69) is 21.2 Å². The number of rotatable bonds is 3. The van der Waals surface area contributed by atoms with Crippen molar-refractivity contribution in [2.45, 2.75) is 26.1 Å². The van der Waals surface area contributed by atoms with Gasteiger partial charge in [-0.3, -0.25) is 0 Å². The van der Waals surface area contributed by atoms with E-state index in [-0.39, 0.29) is 6.04 Å². The van der Waals surface area contributed by atoms with E-state index < -0.39 is 11.7 Å². The topological polar surface area (TPSA) is 12.0 Å². The summed E-state index contributed by atoms with van der Waals surface area (Å²) in [5, 5.41) is 3.30. The van der Waals surface area contributed by atoms with E-state index in [1.165, 1.54) is 12.1 Å². The summed E-state index contributed by atoms with van der Waals surface area (Å²) in [5.74, 6) is 0. The Bertz CT molecular complexity index is 620. The Hall–Kier alpha value is -1.49. The minimum Gasteiger partial charge on any atom is -0.378 e. The van der Waals surface area contributed by atoms with E-state index in [0.29, 0.717) is 0 Å². The van der Waals surface area contributed by atoms with Crippen LogP contribution in [0.1, 0.15) is 29.7 Å². The highest BCUT2D eigenvalue weighted by molar-refractivity contribution is 9.10. The molecule has 1 atom stereocenters. The van der Waals surface area contributed by atoms with Crippen LogP contribution in [0, 0.1) is 6.92 Å².